The van der Waals surface area contributed by atoms with Gasteiger partial charge in [-0.3, -0.25) is 4.79 Å². The molecule has 0 unspecified atom stereocenters. The average molecular weight is 352 g/mol. The minimum absolute atomic E-state index is 0.260. The summed E-state index contributed by atoms with van der Waals surface area (Å²) in [5, 5.41) is 6.74. The van der Waals surface area contributed by atoms with Crippen LogP contribution in [-0.4, -0.2) is 21.2 Å². The van der Waals surface area contributed by atoms with E-state index >= 15 is 0 Å². The maximum Gasteiger partial charge on any atom is 0.416 e. The fourth-order valence-electron chi connectivity index (χ4n) is 3.02. The van der Waals surface area contributed by atoms with Crippen molar-refractivity contribution in [2.45, 2.75) is 43.8 Å². The van der Waals surface area contributed by atoms with Crippen LogP contribution in [0.15, 0.2) is 36.7 Å². The van der Waals surface area contributed by atoms with Gasteiger partial charge in [0.15, 0.2) is 0 Å². The van der Waals surface area contributed by atoms with Gasteiger partial charge in [-0.25, -0.2) is 4.68 Å². The summed E-state index contributed by atoms with van der Waals surface area (Å²) in [6, 6.07) is 4.83. The first-order valence-electron chi connectivity index (χ1n) is 8.11. The van der Waals surface area contributed by atoms with Gasteiger partial charge in [0.1, 0.15) is 0 Å². The standard InChI is InChI=1S/C17H19F3N4O/c18-17(19,20)12-5-4-6-14(9-12)24-11-13(10-22-24)23-15(25)16(21)7-2-1-3-8-16/h4-6,9-11H,1-3,7-8,21H2,(H,23,25). The van der Waals surface area contributed by atoms with Gasteiger partial charge in [0.2, 0.25) is 5.91 Å². The van der Waals surface area contributed by atoms with Gasteiger partial charge in [-0.15, -0.1) is 0 Å². The molecule has 5 nitrogen and oxygen atoms in total. The lowest BCUT2D eigenvalue weighted by Gasteiger charge is -2.31. The Morgan fingerprint density at radius 3 is 2.64 bits per heavy atom. The fraction of sp³-hybridized carbons (Fsp3) is 0.412. The molecule has 8 heteroatoms. The molecular formula is C17H19F3N4O. The molecule has 0 aliphatic heterocycles. The zero-order valence-corrected chi connectivity index (χ0v) is 13.5. The Morgan fingerprint density at radius 2 is 1.96 bits per heavy atom. The number of anilines is 1. The van der Waals surface area contributed by atoms with E-state index in [-0.39, 0.29) is 11.6 Å². The number of carbonyl (C=O) groups excluding carboxylic acids is 1. The molecule has 1 aliphatic carbocycles. The molecule has 0 spiro atoms. The molecule has 1 aromatic carbocycles. The predicted octanol–water partition coefficient (Wildman–Crippen LogP) is 3.49. The van der Waals surface area contributed by atoms with Crippen LogP contribution in [0.5, 0.6) is 0 Å². The first-order chi connectivity index (χ1) is 11.8. The SMILES string of the molecule is NC1(C(=O)Nc2cnn(-c3cccc(C(F)(F)F)c3)c2)CCCCC1. The monoisotopic (exact) mass is 352 g/mol. The van der Waals surface area contributed by atoms with Gasteiger partial charge >= 0.3 is 6.18 Å². The van der Waals surface area contributed by atoms with E-state index < -0.39 is 17.3 Å². The minimum Gasteiger partial charge on any atom is -0.322 e. The van der Waals surface area contributed by atoms with E-state index in [0.29, 0.717) is 18.5 Å². The summed E-state index contributed by atoms with van der Waals surface area (Å²) >= 11 is 0. The number of benzene rings is 1. The lowest BCUT2D eigenvalue weighted by molar-refractivity contribution is -0.137. The molecule has 3 rings (SSSR count). The molecule has 25 heavy (non-hydrogen) atoms. The molecule has 134 valence electrons. The normalized spacial score (nSPS) is 17.3. The molecule has 1 amide bonds. The fourth-order valence-corrected chi connectivity index (χ4v) is 3.02. The van der Waals surface area contributed by atoms with Crippen LogP contribution in [0.2, 0.25) is 0 Å². The van der Waals surface area contributed by atoms with Crippen LogP contribution < -0.4 is 11.1 Å². The third-order valence-electron chi connectivity index (χ3n) is 4.48. The van der Waals surface area contributed by atoms with E-state index in [2.05, 4.69) is 10.4 Å². The first kappa shape index (κ1) is 17.5. The van der Waals surface area contributed by atoms with Crippen LogP contribution in [0.1, 0.15) is 37.7 Å². The van der Waals surface area contributed by atoms with Crippen LogP contribution in [0.4, 0.5) is 18.9 Å². The van der Waals surface area contributed by atoms with Crippen molar-refractivity contribution in [1.82, 2.24) is 9.78 Å². The summed E-state index contributed by atoms with van der Waals surface area (Å²) < 4.78 is 39.7. The largest absolute Gasteiger partial charge is 0.416 e. The smallest absolute Gasteiger partial charge is 0.322 e. The average Bonchev–Trinajstić information content (AvgIpc) is 3.03. The van der Waals surface area contributed by atoms with Gasteiger partial charge in [0.05, 0.1) is 34.9 Å². The molecule has 0 atom stereocenters. The summed E-state index contributed by atoms with van der Waals surface area (Å²) in [4.78, 5) is 12.4. The highest BCUT2D eigenvalue weighted by Gasteiger charge is 2.35. The number of halogens is 3. The summed E-state index contributed by atoms with van der Waals surface area (Å²) in [5.74, 6) is -0.282. The van der Waals surface area contributed by atoms with Gasteiger partial charge in [0.25, 0.3) is 0 Å². The molecule has 1 aliphatic rings. The van der Waals surface area contributed by atoms with Crippen molar-refractivity contribution in [3.63, 3.8) is 0 Å². The molecule has 1 fully saturated rings. The van der Waals surface area contributed by atoms with Crippen LogP contribution in [-0.2, 0) is 11.0 Å². The summed E-state index contributed by atoms with van der Waals surface area (Å²) in [6.07, 6.45) is 2.58. The molecule has 0 radical (unpaired) electrons. The van der Waals surface area contributed by atoms with Crippen LogP contribution in [0, 0.1) is 0 Å². The number of hydrogen-bond acceptors (Lipinski definition) is 3. The number of carbonyl (C=O) groups is 1. The van der Waals surface area contributed by atoms with Crippen molar-refractivity contribution in [2.24, 2.45) is 5.73 Å². The second-order valence-corrected chi connectivity index (χ2v) is 6.39. The van der Waals surface area contributed by atoms with Gasteiger partial charge < -0.3 is 11.1 Å². The maximum absolute atomic E-state index is 12.8. The van der Waals surface area contributed by atoms with Gasteiger partial charge in [-0.2, -0.15) is 18.3 Å². The third kappa shape index (κ3) is 3.84. The van der Waals surface area contributed by atoms with E-state index in [4.69, 9.17) is 5.73 Å². The maximum atomic E-state index is 12.8. The van der Waals surface area contributed by atoms with Gasteiger partial charge in [-0.1, -0.05) is 25.3 Å². The van der Waals surface area contributed by atoms with Crippen LogP contribution in [0.3, 0.4) is 0 Å². The molecule has 1 heterocycles. The Hall–Kier alpha value is -2.35. The highest BCUT2D eigenvalue weighted by Crippen LogP contribution is 2.30. The Balaban J connectivity index is 1.76. The van der Waals surface area contributed by atoms with Crippen molar-refractivity contribution in [2.75, 3.05) is 5.32 Å². The van der Waals surface area contributed by atoms with Crippen molar-refractivity contribution in [1.29, 1.82) is 0 Å². The molecule has 2 aromatic rings. The molecule has 1 aromatic heterocycles. The summed E-state index contributed by atoms with van der Waals surface area (Å²) in [6.45, 7) is 0. The highest BCUT2D eigenvalue weighted by atomic mass is 19.4. The molecule has 0 saturated heterocycles. The number of nitrogens with one attached hydrogen (secondary N) is 1. The van der Waals surface area contributed by atoms with E-state index in [0.717, 1.165) is 31.4 Å². The van der Waals surface area contributed by atoms with E-state index in [1.54, 1.807) is 0 Å². The van der Waals surface area contributed by atoms with Gasteiger partial charge in [-0.05, 0) is 31.0 Å². The third-order valence-corrected chi connectivity index (χ3v) is 4.48. The van der Waals surface area contributed by atoms with E-state index in [1.165, 1.54) is 29.2 Å². The van der Waals surface area contributed by atoms with Crippen molar-refractivity contribution in [3.8, 4) is 5.69 Å². The van der Waals surface area contributed by atoms with Crippen LogP contribution in [0.25, 0.3) is 5.69 Å². The lowest BCUT2D eigenvalue weighted by Crippen LogP contribution is -2.52. The van der Waals surface area contributed by atoms with Crippen molar-refractivity contribution in [3.05, 3.63) is 42.2 Å². The number of alkyl halides is 3. The predicted molar refractivity (Wildman–Crippen MR) is 87.2 cm³/mol. The minimum atomic E-state index is -4.42. The number of nitrogens with two attached hydrogens (primary N) is 1. The number of amides is 1. The number of nitrogens with zero attached hydrogens (tertiary/aromatic N) is 2. The van der Waals surface area contributed by atoms with Gasteiger partial charge in [0, 0.05) is 0 Å². The molecule has 3 N–H and O–H groups in total. The Morgan fingerprint density at radius 1 is 1.24 bits per heavy atom. The summed E-state index contributed by atoms with van der Waals surface area (Å²) in [5.41, 5.74) is 5.18. The Kier molecular flexibility index (Phi) is 4.55. The van der Waals surface area contributed by atoms with E-state index in [9.17, 15) is 18.0 Å². The highest BCUT2D eigenvalue weighted by molar-refractivity contribution is 5.97. The Bertz CT molecular complexity index is 763. The van der Waals surface area contributed by atoms with E-state index in [1.807, 2.05) is 0 Å². The van der Waals surface area contributed by atoms with Crippen LogP contribution >= 0.6 is 0 Å². The lowest BCUT2D eigenvalue weighted by atomic mass is 9.82. The Labute approximate surface area is 143 Å². The number of hydrogen-bond donors (Lipinski definition) is 2. The quantitative estimate of drug-likeness (QED) is 0.888. The number of aromatic nitrogens is 2. The second-order valence-electron chi connectivity index (χ2n) is 6.39. The molecule has 1 saturated carbocycles. The van der Waals surface area contributed by atoms with Crippen molar-refractivity contribution < 1.29 is 18.0 Å². The topological polar surface area (TPSA) is 72.9 Å². The zero-order valence-electron chi connectivity index (χ0n) is 13.5. The van der Waals surface area contributed by atoms with Crippen molar-refractivity contribution >= 4 is 11.6 Å². The zero-order chi connectivity index (χ0) is 18.1. The number of rotatable bonds is 3. The molecule has 0 bridgehead atoms. The summed E-state index contributed by atoms with van der Waals surface area (Å²) in [7, 11) is 0. The second kappa shape index (κ2) is 6.51. The molecular weight excluding hydrogens is 333 g/mol. The first-order valence-corrected chi connectivity index (χ1v) is 8.11.